The maximum absolute atomic E-state index is 12.6. The number of carbonyl (C=O) groups is 1. The number of esters is 1. The lowest BCUT2D eigenvalue weighted by molar-refractivity contribution is 0.0733. The van der Waals surface area contributed by atoms with Gasteiger partial charge in [-0.3, -0.25) is 0 Å². The third kappa shape index (κ3) is 12.2. The third-order valence-corrected chi connectivity index (χ3v) is 7.95. The summed E-state index contributed by atoms with van der Waals surface area (Å²) < 4.78 is 11.2. The number of aryl methyl sites for hydroxylation is 1. The normalized spacial score (nSPS) is 11.9. The van der Waals surface area contributed by atoms with E-state index in [0.29, 0.717) is 17.9 Å². The minimum absolute atomic E-state index is 0.0191. The fourth-order valence-electron chi connectivity index (χ4n) is 5.33. The topological polar surface area (TPSA) is 35.5 Å². The van der Waals surface area contributed by atoms with E-state index in [2.05, 4.69) is 31.2 Å². The summed E-state index contributed by atoms with van der Waals surface area (Å²) in [6, 6.07) is 24.0. The second-order valence-electron chi connectivity index (χ2n) is 11.3. The first-order chi connectivity index (χ1) is 20.1. The largest absolute Gasteiger partial charge is 0.423 e. The number of hydrogen-bond acceptors (Lipinski definition) is 3. The fourth-order valence-corrected chi connectivity index (χ4v) is 5.33. The van der Waals surface area contributed by atoms with Gasteiger partial charge in [-0.05, 0) is 73.2 Å². The molecule has 3 aromatic carbocycles. The van der Waals surface area contributed by atoms with Gasteiger partial charge in [0.2, 0.25) is 0 Å². The van der Waals surface area contributed by atoms with Gasteiger partial charge in [-0.15, -0.1) is 0 Å². The standard InChI is InChI=1S/C38H52O3/c1-4-6-7-8-9-10-11-12-13-14-15-16-17-18-32-19-21-34(22-20-32)35-23-25-36(26-24-35)38(39)41-37-29-27-33(28-30-37)31(3)40-5-2/h19-31H,4-18H2,1-3H3. The SMILES string of the molecule is CCCCCCCCCCCCCCCc1ccc(-c2ccc(C(=O)Oc3ccc(C(C)OCC)cc3)cc2)cc1. The molecule has 0 spiro atoms. The van der Waals surface area contributed by atoms with Gasteiger partial charge >= 0.3 is 5.97 Å². The molecule has 3 rings (SSSR count). The zero-order valence-electron chi connectivity index (χ0n) is 25.8. The number of rotatable bonds is 20. The van der Waals surface area contributed by atoms with Crippen molar-refractivity contribution in [3.63, 3.8) is 0 Å². The zero-order valence-corrected chi connectivity index (χ0v) is 25.8. The number of carbonyl (C=O) groups excluding carboxylic acids is 1. The second kappa shape index (κ2) is 19.3. The van der Waals surface area contributed by atoms with Gasteiger partial charge in [0.15, 0.2) is 0 Å². The van der Waals surface area contributed by atoms with Crippen molar-refractivity contribution < 1.29 is 14.3 Å². The van der Waals surface area contributed by atoms with E-state index in [9.17, 15) is 4.79 Å². The number of hydrogen-bond donors (Lipinski definition) is 0. The monoisotopic (exact) mass is 556 g/mol. The first-order valence-corrected chi connectivity index (χ1v) is 16.2. The summed E-state index contributed by atoms with van der Waals surface area (Å²) >= 11 is 0. The molecule has 0 bridgehead atoms. The highest BCUT2D eigenvalue weighted by Gasteiger charge is 2.11. The van der Waals surface area contributed by atoms with Crippen LogP contribution in [-0.2, 0) is 11.2 Å². The van der Waals surface area contributed by atoms with E-state index in [1.165, 1.54) is 89.0 Å². The molecule has 0 N–H and O–H groups in total. The lowest BCUT2D eigenvalue weighted by Crippen LogP contribution is -2.08. The molecular weight excluding hydrogens is 504 g/mol. The zero-order chi connectivity index (χ0) is 29.1. The van der Waals surface area contributed by atoms with E-state index < -0.39 is 0 Å². The maximum Gasteiger partial charge on any atom is 0.343 e. The van der Waals surface area contributed by atoms with Crippen LogP contribution in [0.3, 0.4) is 0 Å². The van der Waals surface area contributed by atoms with Crippen molar-refractivity contribution in [1.29, 1.82) is 0 Å². The molecular formula is C38H52O3. The predicted octanol–water partition coefficient (Wildman–Crippen LogP) is 11.3. The van der Waals surface area contributed by atoms with E-state index in [4.69, 9.17) is 9.47 Å². The molecule has 0 aliphatic rings. The molecule has 0 saturated carbocycles. The average Bonchev–Trinajstić information content (AvgIpc) is 3.00. The van der Waals surface area contributed by atoms with Crippen LogP contribution in [0.2, 0.25) is 0 Å². The molecule has 0 heterocycles. The summed E-state index contributed by atoms with van der Waals surface area (Å²) in [5, 5.41) is 0. The molecule has 0 saturated heterocycles. The van der Waals surface area contributed by atoms with Crippen LogP contribution in [0.25, 0.3) is 11.1 Å². The van der Waals surface area contributed by atoms with Crippen LogP contribution in [-0.4, -0.2) is 12.6 Å². The van der Waals surface area contributed by atoms with Crippen molar-refractivity contribution in [1.82, 2.24) is 0 Å². The summed E-state index contributed by atoms with van der Waals surface area (Å²) in [7, 11) is 0. The Labute approximate surface area is 249 Å². The van der Waals surface area contributed by atoms with E-state index in [1.54, 1.807) is 0 Å². The number of ether oxygens (including phenoxy) is 2. The highest BCUT2D eigenvalue weighted by molar-refractivity contribution is 5.91. The highest BCUT2D eigenvalue weighted by atomic mass is 16.5. The Kier molecular flexibility index (Phi) is 15.3. The lowest BCUT2D eigenvalue weighted by Gasteiger charge is -2.12. The van der Waals surface area contributed by atoms with Crippen LogP contribution in [0.5, 0.6) is 5.75 Å². The van der Waals surface area contributed by atoms with Crippen LogP contribution in [0.4, 0.5) is 0 Å². The molecule has 0 fully saturated rings. The van der Waals surface area contributed by atoms with Crippen LogP contribution in [0.1, 0.15) is 132 Å². The van der Waals surface area contributed by atoms with Gasteiger partial charge in [-0.2, -0.15) is 0 Å². The van der Waals surface area contributed by atoms with Crippen molar-refractivity contribution in [3.8, 4) is 16.9 Å². The molecule has 0 aliphatic carbocycles. The van der Waals surface area contributed by atoms with E-state index in [1.807, 2.05) is 62.4 Å². The Morgan fingerprint density at radius 1 is 0.610 bits per heavy atom. The Hall–Kier alpha value is -2.91. The van der Waals surface area contributed by atoms with Crippen molar-refractivity contribution in [2.45, 2.75) is 117 Å². The Bertz CT molecular complexity index is 1100. The van der Waals surface area contributed by atoms with Gasteiger partial charge in [-0.25, -0.2) is 4.79 Å². The minimum atomic E-state index is -0.352. The smallest absolute Gasteiger partial charge is 0.343 e. The van der Waals surface area contributed by atoms with E-state index in [0.717, 1.165) is 23.1 Å². The molecule has 0 radical (unpaired) electrons. The summed E-state index contributed by atoms with van der Waals surface area (Å²) in [5.74, 6) is 0.181. The molecule has 0 aromatic heterocycles. The maximum atomic E-state index is 12.6. The number of benzene rings is 3. The molecule has 0 aliphatic heterocycles. The van der Waals surface area contributed by atoms with E-state index in [-0.39, 0.29) is 12.1 Å². The predicted molar refractivity (Wildman–Crippen MR) is 173 cm³/mol. The lowest BCUT2D eigenvalue weighted by atomic mass is 10.00. The van der Waals surface area contributed by atoms with E-state index >= 15 is 0 Å². The molecule has 3 aromatic rings. The molecule has 41 heavy (non-hydrogen) atoms. The summed E-state index contributed by atoms with van der Waals surface area (Å²) in [6.07, 6.45) is 19.2. The van der Waals surface area contributed by atoms with Crippen LogP contribution >= 0.6 is 0 Å². The third-order valence-electron chi connectivity index (χ3n) is 7.95. The molecule has 1 atom stereocenters. The Morgan fingerprint density at radius 3 is 1.61 bits per heavy atom. The van der Waals surface area contributed by atoms with Crippen LogP contribution < -0.4 is 4.74 Å². The van der Waals surface area contributed by atoms with Gasteiger partial charge < -0.3 is 9.47 Å². The van der Waals surface area contributed by atoms with Crippen LogP contribution in [0.15, 0.2) is 72.8 Å². The minimum Gasteiger partial charge on any atom is -0.423 e. The van der Waals surface area contributed by atoms with Crippen LogP contribution in [0, 0.1) is 0 Å². The van der Waals surface area contributed by atoms with Crippen molar-refractivity contribution in [3.05, 3.63) is 89.5 Å². The quantitative estimate of drug-likeness (QED) is 0.0788. The van der Waals surface area contributed by atoms with Gasteiger partial charge in [0, 0.05) is 6.61 Å². The summed E-state index contributed by atoms with van der Waals surface area (Å²) in [4.78, 5) is 12.6. The van der Waals surface area contributed by atoms with Crippen molar-refractivity contribution >= 4 is 5.97 Å². The second-order valence-corrected chi connectivity index (χ2v) is 11.3. The van der Waals surface area contributed by atoms with Gasteiger partial charge in [0.1, 0.15) is 5.75 Å². The molecule has 3 nitrogen and oxygen atoms in total. The molecule has 0 amide bonds. The Balaban J connectivity index is 1.32. The molecule has 3 heteroatoms. The average molecular weight is 557 g/mol. The van der Waals surface area contributed by atoms with Gasteiger partial charge in [-0.1, -0.05) is 133 Å². The molecule has 1 unspecified atom stereocenters. The first-order valence-electron chi connectivity index (χ1n) is 16.2. The highest BCUT2D eigenvalue weighted by Crippen LogP contribution is 2.24. The molecule has 222 valence electrons. The van der Waals surface area contributed by atoms with Crippen molar-refractivity contribution in [2.24, 2.45) is 0 Å². The fraction of sp³-hybridized carbons (Fsp3) is 0.500. The van der Waals surface area contributed by atoms with Gasteiger partial charge in [0.25, 0.3) is 0 Å². The first kappa shape index (κ1) is 32.6. The Morgan fingerprint density at radius 2 is 1.10 bits per heavy atom. The number of unbranched alkanes of at least 4 members (excludes halogenated alkanes) is 12. The summed E-state index contributed by atoms with van der Waals surface area (Å²) in [6.45, 7) is 6.94. The summed E-state index contributed by atoms with van der Waals surface area (Å²) in [5.41, 5.74) is 5.27. The van der Waals surface area contributed by atoms with Crippen molar-refractivity contribution in [2.75, 3.05) is 6.61 Å². The van der Waals surface area contributed by atoms with Gasteiger partial charge in [0.05, 0.1) is 11.7 Å².